The summed E-state index contributed by atoms with van der Waals surface area (Å²) in [5, 5.41) is 22.3. The summed E-state index contributed by atoms with van der Waals surface area (Å²) in [4.78, 5) is 8.74. The summed E-state index contributed by atoms with van der Waals surface area (Å²) < 4.78 is 2.52. The molecule has 1 aliphatic rings. The van der Waals surface area contributed by atoms with E-state index in [-0.39, 0.29) is 0 Å². The van der Waals surface area contributed by atoms with Crippen molar-refractivity contribution >= 4 is 27.6 Å². The standard InChI is InChI=1S/C18H17BrN8/c1-13-4-5-27(24-13)17-3-2-16(22-23-17)25-6-8-26(9-7-25)18-14(11-20)10-15(19)12-21-18/h2-5,10,12H,6-9H2,1H3. The number of rotatable bonds is 3. The molecule has 9 heteroatoms. The van der Waals surface area contributed by atoms with Crippen LogP contribution in [0.15, 0.2) is 41.1 Å². The Balaban J connectivity index is 1.44. The molecule has 27 heavy (non-hydrogen) atoms. The third-order valence-electron chi connectivity index (χ3n) is 4.45. The summed E-state index contributed by atoms with van der Waals surface area (Å²) in [6, 6.07) is 9.84. The lowest BCUT2D eigenvalue weighted by Gasteiger charge is -2.36. The van der Waals surface area contributed by atoms with Crippen molar-refractivity contribution < 1.29 is 0 Å². The van der Waals surface area contributed by atoms with Crippen LogP contribution in [0.5, 0.6) is 0 Å². The Labute approximate surface area is 165 Å². The average molecular weight is 425 g/mol. The Morgan fingerprint density at radius 2 is 1.74 bits per heavy atom. The van der Waals surface area contributed by atoms with Crippen LogP contribution in [-0.2, 0) is 0 Å². The number of pyridine rings is 1. The Bertz CT molecular complexity index is 983. The van der Waals surface area contributed by atoms with Crippen molar-refractivity contribution in [2.45, 2.75) is 6.92 Å². The fraction of sp³-hybridized carbons (Fsp3) is 0.278. The fourth-order valence-corrected chi connectivity index (χ4v) is 3.40. The lowest BCUT2D eigenvalue weighted by Crippen LogP contribution is -2.47. The molecule has 136 valence electrons. The van der Waals surface area contributed by atoms with Crippen LogP contribution in [0, 0.1) is 18.3 Å². The normalized spacial score (nSPS) is 14.3. The van der Waals surface area contributed by atoms with E-state index in [9.17, 15) is 5.26 Å². The minimum absolute atomic E-state index is 0.580. The molecule has 0 atom stereocenters. The van der Waals surface area contributed by atoms with Gasteiger partial charge in [-0.15, -0.1) is 10.2 Å². The van der Waals surface area contributed by atoms with Crippen molar-refractivity contribution in [3.05, 3.63) is 52.4 Å². The van der Waals surface area contributed by atoms with Gasteiger partial charge in [0, 0.05) is 43.0 Å². The SMILES string of the molecule is Cc1ccn(-c2ccc(N3CCN(c4ncc(Br)cc4C#N)CC3)nn2)n1. The number of hydrogen-bond acceptors (Lipinski definition) is 7. The molecular formula is C18H17BrN8. The first-order valence-electron chi connectivity index (χ1n) is 8.56. The topological polar surface area (TPSA) is 86.8 Å². The van der Waals surface area contributed by atoms with Crippen LogP contribution in [0.3, 0.4) is 0 Å². The quantitative estimate of drug-likeness (QED) is 0.637. The van der Waals surface area contributed by atoms with Gasteiger partial charge in [-0.1, -0.05) is 0 Å². The molecule has 0 radical (unpaired) electrons. The van der Waals surface area contributed by atoms with Gasteiger partial charge in [0.1, 0.15) is 11.9 Å². The molecule has 0 saturated carbocycles. The van der Waals surface area contributed by atoms with Crippen LogP contribution < -0.4 is 9.80 Å². The molecule has 0 unspecified atom stereocenters. The second-order valence-corrected chi connectivity index (χ2v) is 7.18. The molecule has 3 aromatic rings. The largest absolute Gasteiger partial charge is 0.352 e. The summed E-state index contributed by atoms with van der Waals surface area (Å²) in [5.41, 5.74) is 1.52. The van der Waals surface area contributed by atoms with Crippen molar-refractivity contribution in [3.63, 3.8) is 0 Å². The minimum atomic E-state index is 0.580. The third-order valence-corrected chi connectivity index (χ3v) is 4.88. The molecule has 0 N–H and O–H groups in total. The number of aryl methyl sites for hydroxylation is 1. The van der Waals surface area contributed by atoms with E-state index in [2.05, 4.69) is 52.1 Å². The van der Waals surface area contributed by atoms with Gasteiger partial charge in [-0.2, -0.15) is 10.4 Å². The summed E-state index contributed by atoms with van der Waals surface area (Å²) in [6.45, 7) is 5.06. The zero-order valence-electron chi connectivity index (χ0n) is 14.7. The predicted molar refractivity (Wildman–Crippen MR) is 105 cm³/mol. The average Bonchev–Trinajstić information content (AvgIpc) is 3.14. The Kier molecular flexibility index (Phi) is 4.73. The molecule has 0 aliphatic carbocycles. The van der Waals surface area contributed by atoms with E-state index in [0.29, 0.717) is 11.4 Å². The van der Waals surface area contributed by atoms with E-state index < -0.39 is 0 Å². The van der Waals surface area contributed by atoms with Crippen LogP contribution in [-0.4, -0.2) is 51.1 Å². The predicted octanol–water partition coefficient (Wildman–Crippen LogP) is 2.33. The zero-order chi connectivity index (χ0) is 18.8. The van der Waals surface area contributed by atoms with E-state index in [1.54, 1.807) is 16.9 Å². The van der Waals surface area contributed by atoms with Gasteiger partial charge >= 0.3 is 0 Å². The smallest absolute Gasteiger partial charge is 0.175 e. The number of hydrogen-bond donors (Lipinski definition) is 0. The van der Waals surface area contributed by atoms with Crippen LogP contribution >= 0.6 is 15.9 Å². The van der Waals surface area contributed by atoms with Crippen LogP contribution in [0.25, 0.3) is 5.82 Å². The van der Waals surface area contributed by atoms with Gasteiger partial charge in [0.15, 0.2) is 11.6 Å². The van der Waals surface area contributed by atoms with Gasteiger partial charge in [-0.3, -0.25) is 0 Å². The maximum absolute atomic E-state index is 9.35. The molecule has 4 rings (SSSR count). The molecule has 0 spiro atoms. The van der Waals surface area contributed by atoms with E-state index in [1.807, 2.05) is 31.3 Å². The Hall–Kier alpha value is -2.99. The molecule has 4 heterocycles. The van der Waals surface area contributed by atoms with Crippen molar-refractivity contribution in [2.75, 3.05) is 36.0 Å². The highest BCUT2D eigenvalue weighted by Gasteiger charge is 2.21. The Morgan fingerprint density at radius 3 is 2.37 bits per heavy atom. The molecule has 8 nitrogen and oxygen atoms in total. The molecule has 1 aliphatic heterocycles. The molecule has 0 bridgehead atoms. The van der Waals surface area contributed by atoms with Gasteiger partial charge < -0.3 is 9.80 Å². The first-order valence-corrected chi connectivity index (χ1v) is 9.35. The van der Waals surface area contributed by atoms with Crippen LogP contribution in [0.2, 0.25) is 0 Å². The monoisotopic (exact) mass is 424 g/mol. The molecule has 1 saturated heterocycles. The van der Waals surface area contributed by atoms with Gasteiger partial charge in [0.2, 0.25) is 0 Å². The minimum Gasteiger partial charge on any atom is -0.352 e. The first-order chi connectivity index (χ1) is 13.1. The highest BCUT2D eigenvalue weighted by Crippen LogP contribution is 2.23. The van der Waals surface area contributed by atoms with E-state index in [4.69, 9.17) is 0 Å². The Morgan fingerprint density at radius 1 is 1.04 bits per heavy atom. The van der Waals surface area contributed by atoms with Gasteiger partial charge in [0.05, 0.1) is 11.3 Å². The first kappa shape index (κ1) is 17.4. The summed E-state index contributed by atoms with van der Waals surface area (Å²) in [6.07, 6.45) is 3.60. The summed E-state index contributed by atoms with van der Waals surface area (Å²) in [7, 11) is 0. The second-order valence-electron chi connectivity index (χ2n) is 6.26. The molecule has 0 aromatic carbocycles. The second kappa shape index (κ2) is 7.32. The zero-order valence-corrected chi connectivity index (χ0v) is 16.3. The molecule has 1 fully saturated rings. The lowest BCUT2D eigenvalue weighted by molar-refractivity contribution is 0.636. The summed E-state index contributed by atoms with van der Waals surface area (Å²) in [5.74, 6) is 2.27. The number of nitrogens with zero attached hydrogens (tertiary/aromatic N) is 8. The van der Waals surface area contributed by atoms with E-state index in [1.165, 1.54) is 0 Å². The van der Waals surface area contributed by atoms with Gasteiger partial charge in [-0.05, 0) is 47.1 Å². The van der Waals surface area contributed by atoms with Gasteiger partial charge in [0.25, 0.3) is 0 Å². The maximum Gasteiger partial charge on any atom is 0.175 e. The van der Waals surface area contributed by atoms with Crippen molar-refractivity contribution in [1.82, 2.24) is 25.0 Å². The number of aromatic nitrogens is 5. The van der Waals surface area contributed by atoms with Crippen LogP contribution in [0.1, 0.15) is 11.3 Å². The number of halogens is 1. The number of piperazine rings is 1. The van der Waals surface area contributed by atoms with E-state index in [0.717, 1.165) is 48.0 Å². The van der Waals surface area contributed by atoms with Crippen molar-refractivity contribution in [2.24, 2.45) is 0 Å². The maximum atomic E-state index is 9.35. The third kappa shape index (κ3) is 3.61. The highest BCUT2D eigenvalue weighted by atomic mass is 79.9. The molecule has 3 aromatic heterocycles. The molecule has 0 amide bonds. The van der Waals surface area contributed by atoms with E-state index >= 15 is 0 Å². The lowest BCUT2D eigenvalue weighted by atomic mass is 10.2. The summed E-state index contributed by atoms with van der Waals surface area (Å²) >= 11 is 3.36. The fourth-order valence-electron chi connectivity index (χ4n) is 3.07. The highest BCUT2D eigenvalue weighted by molar-refractivity contribution is 9.10. The van der Waals surface area contributed by atoms with Crippen LogP contribution in [0.4, 0.5) is 11.6 Å². The van der Waals surface area contributed by atoms with Crippen molar-refractivity contribution in [1.29, 1.82) is 5.26 Å². The number of nitriles is 1. The molecular weight excluding hydrogens is 408 g/mol. The van der Waals surface area contributed by atoms with Gasteiger partial charge in [-0.25, -0.2) is 9.67 Å². The number of anilines is 2. The van der Waals surface area contributed by atoms with Crippen molar-refractivity contribution in [3.8, 4) is 11.9 Å².